The third kappa shape index (κ3) is 10.0. The fourth-order valence-electron chi connectivity index (χ4n) is 4.92. The molecular formula is C29H41Cl2N3O4S. The van der Waals surface area contributed by atoms with Crippen molar-refractivity contribution in [1.82, 2.24) is 4.90 Å². The van der Waals surface area contributed by atoms with Crippen LogP contribution in [0, 0.1) is 5.92 Å². The van der Waals surface area contributed by atoms with E-state index in [1.165, 1.54) is 32.1 Å². The van der Waals surface area contributed by atoms with Crippen LogP contribution in [0.3, 0.4) is 0 Å². The Bertz CT molecular complexity index is 1170. The lowest BCUT2D eigenvalue weighted by atomic mass is 9.89. The van der Waals surface area contributed by atoms with Gasteiger partial charge >= 0.3 is 0 Å². The molecule has 1 aliphatic rings. The monoisotopic (exact) mass is 597 g/mol. The number of carbonyl (C=O) groups is 1. The van der Waals surface area contributed by atoms with Crippen molar-refractivity contribution >= 4 is 51.3 Å². The smallest absolute Gasteiger partial charge is 0.258 e. The van der Waals surface area contributed by atoms with Crippen LogP contribution in [0.2, 0.25) is 5.02 Å². The number of nitrogens with zero attached hydrogens (tertiary/aromatic N) is 2. The standard InChI is InChI=1S/C29H40ClN3O4S.ClH/c1-4-17-32(22-23-9-7-6-8-10-23)18-19-33(28-16-15-26(37-3)21-27(28)30)29(34)24-11-13-25(14-12-24)31-38(35,36)20-5-2;/h4,11-16,21,23,31H,1,5-10,17-20,22H2,2-3H3;1H. The number of ether oxygens (including phenoxy) is 1. The fraction of sp³-hybridized carbons (Fsp3) is 0.483. The van der Waals surface area contributed by atoms with Crippen molar-refractivity contribution in [2.75, 3.05) is 48.7 Å². The van der Waals surface area contributed by atoms with Gasteiger partial charge in [0.25, 0.3) is 5.91 Å². The summed E-state index contributed by atoms with van der Waals surface area (Å²) < 4.78 is 32.1. The summed E-state index contributed by atoms with van der Waals surface area (Å²) in [7, 11) is -1.84. The van der Waals surface area contributed by atoms with Gasteiger partial charge in [-0.15, -0.1) is 19.0 Å². The molecule has 1 amide bonds. The van der Waals surface area contributed by atoms with Gasteiger partial charge in [-0.1, -0.05) is 43.9 Å². The number of halogens is 2. The van der Waals surface area contributed by atoms with Gasteiger partial charge in [-0.2, -0.15) is 0 Å². The Morgan fingerprint density at radius 2 is 1.82 bits per heavy atom. The lowest BCUT2D eigenvalue weighted by molar-refractivity contribution is 0.0982. The van der Waals surface area contributed by atoms with Crippen LogP contribution in [-0.2, 0) is 10.0 Å². The zero-order valence-electron chi connectivity index (χ0n) is 22.9. The minimum Gasteiger partial charge on any atom is -0.497 e. The van der Waals surface area contributed by atoms with Crippen LogP contribution in [0.4, 0.5) is 11.4 Å². The van der Waals surface area contributed by atoms with E-state index < -0.39 is 10.0 Å². The van der Waals surface area contributed by atoms with Gasteiger partial charge < -0.3 is 9.64 Å². The second kappa shape index (κ2) is 16.1. The van der Waals surface area contributed by atoms with Gasteiger partial charge in [-0.05, 0) is 61.6 Å². The number of amides is 1. The highest BCUT2D eigenvalue weighted by molar-refractivity contribution is 7.92. The maximum atomic E-state index is 13.8. The molecule has 0 radical (unpaired) electrons. The summed E-state index contributed by atoms with van der Waals surface area (Å²) in [5, 5.41) is 0.421. The Balaban J connectivity index is 0.00000533. The summed E-state index contributed by atoms with van der Waals surface area (Å²) in [6.07, 6.45) is 8.80. The Labute approximate surface area is 245 Å². The van der Waals surface area contributed by atoms with Crippen molar-refractivity contribution in [2.45, 2.75) is 45.4 Å². The van der Waals surface area contributed by atoms with Gasteiger partial charge in [-0.3, -0.25) is 14.4 Å². The predicted molar refractivity (Wildman–Crippen MR) is 164 cm³/mol. The molecule has 0 atom stereocenters. The van der Waals surface area contributed by atoms with E-state index in [2.05, 4.69) is 16.2 Å². The Morgan fingerprint density at radius 3 is 2.41 bits per heavy atom. The number of rotatable bonds is 14. The molecular weight excluding hydrogens is 557 g/mol. The molecule has 10 heteroatoms. The number of nitrogens with one attached hydrogen (secondary N) is 1. The highest BCUT2D eigenvalue weighted by Crippen LogP contribution is 2.31. The van der Waals surface area contributed by atoms with E-state index in [0.29, 0.717) is 53.1 Å². The number of benzene rings is 2. The number of hydrogen-bond donors (Lipinski definition) is 1. The maximum absolute atomic E-state index is 13.8. The number of methoxy groups -OCH3 is 1. The molecule has 2 aromatic rings. The molecule has 0 heterocycles. The van der Waals surface area contributed by atoms with Gasteiger partial charge in [0.1, 0.15) is 5.75 Å². The number of sulfonamides is 1. The highest BCUT2D eigenvalue weighted by Gasteiger charge is 2.23. The number of anilines is 2. The van der Waals surface area contributed by atoms with Crippen molar-refractivity contribution in [2.24, 2.45) is 5.92 Å². The summed E-state index contributed by atoms with van der Waals surface area (Å²) in [6.45, 7) is 8.59. The molecule has 1 N–H and O–H groups in total. The highest BCUT2D eigenvalue weighted by atomic mass is 35.5. The van der Waals surface area contributed by atoms with E-state index in [-0.39, 0.29) is 24.1 Å². The predicted octanol–water partition coefficient (Wildman–Crippen LogP) is 6.64. The largest absolute Gasteiger partial charge is 0.497 e. The van der Waals surface area contributed by atoms with E-state index in [9.17, 15) is 13.2 Å². The normalized spacial score (nSPS) is 13.9. The van der Waals surface area contributed by atoms with Gasteiger partial charge in [0.05, 0.1) is 23.6 Å². The summed E-state index contributed by atoms with van der Waals surface area (Å²) >= 11 is 6.61. The topological polar surface area (TPSA) is 79.0 Å². The Hall–Kier alpha value is -2.26. The molecule has 0 bridgehead atoms. The van der Waals surface area contributed by atoms with Crippen molar-refractivity contribution in [3.8, 4) is 5.75 Å². The van der Waals surface area contributed by atoms with Gasteiger partial charge in [-0.25, -0.2) is 8.42 Å². The molecule has 2 aromatic carbocycles. The van der Waals surface area contributed by atoms with Crippen molar-refractivity contribution in [3.05, 3.63) is 65.7 Å². The van der Waals surface area contributed by atoms with Crippen LogP contribution in [0.1, 0.15) is 55.8 Å². The second-order valence-corrected chi connectivity index (χ2v) is 12.1. The van der Waals surface area contributed by atoms with Crippen LogP contribution in [0.25, 0.3) is 0 Å². The fourth-order valence-corrected chi connectivity index (χ4v) is 6.32. The maximum Gasteiger partial charge on any atom is 0.258 e. The molecule has 39 heavy (non-hydrogen) atoms. The zero-order chi connectivity index (χ0) is 27.5. The third-order valence-electron chi connectivity index (χ3n) is 6.84. The van der Waals surface area contributed by atoms with Crippen LogP contribution < -0.4 is 14.4 Å². The lowest BCUT2D eigenvalue weighted by Gasteiger charge is -2.31. The molecule has 0 unspecified atom stereocenters. The third-order valence-corrected chi connectivity index (χ3v) is 8.63. The first-order valence-electron chi connectivity index (χ1n) is 13.4. The van der Waals surface area contributed by atoms with Crippen molar-refractivity contribution in [1.29, 1.82) is 0 Å². The van der Waals surface area contributed by atoms with E-state index >= 15 is 0 Å². The van der Waals surface area contributed by atoms with Crippen LogP contribution in [0.15, 0.2) is 55.1 Å². The van der Waals surface area contributed by atoms with Crippen molar-refractivity contribution < 1.29 is 17.9 Å². The average molecular weight is 599 g/mol. The van der Waals surface area contributed by atoms with Gasteiger partial charge in [0, 0.05) is 43.5 Å². The number of hydrogen-bond acceptors (Lipinski definition) is 5. The van der Waals surface area contributed by atoms with E-state index in [4.69, 9.17) is 16.3 Å². The minimum absolute atomic E-state index is 0. The van der Waals surface area contributed by atoms with Gasteiger partial charge in [0.15, 0.2) is 0 Å². The molecule has 0 aliphatic heterocycles. The average Bonchev–Trinajstić information content (AvgIpc) is 2.90. The molecule has 7 nitrogen and oxygen atoms in total. The molecule has 0 spiro atoms. The first-order valence-corrected chi connectivity index (χ1v) is 15.4. The molecule has 1 saturated carbocycles. The second-order valence-electron chi connectivity index (χ2n) is 9.82. The SMILES string of the molecule is C=CCN(CCN(C(=O)c1ccc(NS(=O)(=O)CCC)cc1)c1ccc(OC)cc1Cl)CC1CCCCC1.Cl. The van der Waals surface area contributed by atoms with E-state index in [0.717, 1.165) is 13.1 Å². The first kappa shape index (κ1) is 32.9. The Kier molecular flexibility index (Phi) is 13.6. The molecule has 0 aromatic heterocycles. The van der Waals surface area contributed by atoms with Crippen LogP contribution in [0.5, 0.6) is 5.75 Å². The van der Waals surface area contributed by atoms with E-state index in [1.54, 1.807) is 54.5 Å². The number of carbonyl (C=O) groups excluding carboxylic acids is 1. The van der Waals surface area contributed by atoms with Crippen molar-refractivity contribution in [3.63, 3.8) is 0 Å². The minimum atomic E-state index is -3.41. The summed E-state index contributed by atoms with van der Waals surface area (Å²) in [6, 6.07) is 11.8. The molecule has 0 saturated heterocycles. The molecule has 1 fully saturated rings. The zero-order valence-corrected chi connectivity index (χ0v) is 25.3. The summed E-state index contributed by atoms with van der Waals surface area (Å²) in [5.74, 6) is 1.11. The first-order chi connectivity index (χ1) is 18.3. The van der Waals surface area contributed by atoms with Crippen LogP contribution in [-0.4, -0.2) is 58.3 Å². The summed E-state index contributed by atoms with van der Waals surface area (Å²) in [5.41, 5.74) is 1.47. The van der Waals surface area contributed by atoms with E-state index in [1.807, 2.05) is 13.0 Å². The Morgan fingerprint density at radius 1 is 1.13 bits per heavy atom. The van der Waals surface area contributed by atoms with Gasteiger partial charge in [0.2, 0.25) is 10.0 Å². The lowest BCUT2D eigenvalue weighted by Crippen LogP contribution is -2.41. The summed E-state index contributed by atoms with van der Waals surface area (Å²) in [4.78, 5) is 17.8. The molecule has 216 valence electrons. The van der Waals surface area contributed by atoms with Crippen LogP contribution >= 0.6 is 24.0 Å². The molecule has 3 rings (SSSR count). The quantitative estimate of drug-likeness (QED) is 0.247. The molecule has 1 aliphatic carbocycles.